The lowest BCUT2D eigenvalue weighted by atomic mass is 10.2. The summed E-state index contributed by atoms with van der Waals surface area (Å²) in [7, 11) is 0. The van der Waals surface area contributed by atoms with Crippen molar-refractivity contribution in [2.75, 3.05) is 18.4 Å². The number of fused-ring (bicyclic) bond motifs is 1. The summed E-state index contributed by atoms with van der Waals surface area (Å²) in [6.07, 6.45) is 4.07. The molecule has 154 valence electrons. The van der Waals surface area contributed by atoms with E-state index in [0.717, 1.165) is 47.3 Å². The molecular formula is C21H27N5O2S. The topological polar surface area (TPSA) is 83.3 Å². The third-order valence-electron chi connectivity index (χ3n) is 5.40. The molecule has 4 rings (SSSR count). The van der Waals surface area contributed by atoms with E-state index in [1.165, 1.54) is 23.3 Å². The van der Waals surface area contributed by atoms with Crippen LogP contribution in [0.2, 0.25) is 0 Å². The van der Waals surface area contributed by atoms with Crippen LogP contribution in [0.1, 0.15) is 41.8 Å². The van der Waals surface area contributed by atoms with E-state index < -0.39 is 6.04 Å². The minimum Gasteiger partial charge on any atom is -0.467 e. The highest BCUT2D eigenvalue weighted by molar-refractivity contribution is 7.18. The summed E-state index contributed by atoms with van der Waals surface area (Å²) >= 11 is 1.69. The van der Waals surface area contributed by atoms with Gasteiger partial charge in [0, 0.05) is 4.88 Å². The Balaban J connectivity index is 1.54. The number of thiophene rings is 1. The van der Waals surface area contributed by atoms with E-state index in [1.54, 1.807) is 17.6 Å². The molecule has 7 nitrogen and oxygen atoms in total. The van der Waals surface area contributed by atoms with E-state index in [9.17, 15) is 4.79 Å². The molecule has 1 amide bonds. The summed E-state index contributed by atoms with van der Waals surface area (Å²) < 4.78 is 5.28. The van der Waals surface area contributed by atoms with Crippen molar-refractivity contribution < 1.29 is 9.21 Å². The molecule has 1 aliphatic rings. The third kappa shape index (κ3) is 4.43. The van der Waals surface area contributed by atoms with Crippen molar-refractivity contribution in [3.63, 3.8) is 0 Å². The molecule has 4 heterocycles. The van der Waals surface area contributed by atoms with Crippen LogP contribution in [0.25, 0.3) is 10.2 Å². The first-order chi connectivity index (χ1) is 14.0. The fourth-order valence-electron chi connectivity index (χ4n) is 3.62. The molecule has 8 heteroatoms. The van der Waals surface area contributed by atoms with Crippen LogP contribution in [-0.2, 0) is 17.9 Å². The van der Waals surface area contributed by atoms with Crippen molar-refractivity contribution in [1.82, 2.24) is 20.2 Å². The molecule has 1 saturated heterocycles. The van der Waals surface area contributed by atoms with Crippen molar-refractivity contribution in [1.29, 1.82) is 0 Å². The maximum absolute atomic E-state index is 12.6. The second-order valence-electron chi connectivity index (χ2n) is 7.60. The van der Waals surface area contributed by atoms with Gasteiger partial charge in [-0.3, -0.25) is 9.69 Å². The molecule has 3 aromatic rings. The quantitative estimate of drug-likeness (QED) is 0.616. The van der Waals surface area contributed by atoms with Crippen LogP contribution in [-0.4, -0.2) is 39.9 Å². The van der Waals surface area contributed by atoms with Crippen LogP contribution in [0, 0.1) is 13.8 Å². The molecular weight excluding hydrogens is 386 g/mol. The zero-order valence-electron chi connectivity index (χ0n) is 17.1. The zero-order chi connectivity index (χ0) is 20.4. The number of nitrogens with one attached hydrogen (secondary N) is 2. The number of aromatic nitrogens is 2. The van der Waals surface area contributed by atoms with Crippen LogP contribution >= 0.6 is 11.3 Å². The second kappa shape index (κ2) is 8.51. The lowest BCUT2D eigenvalue weighted by molar-refractivity contribution is -0.121. The molecule has 1 unspecified atom stereocenters. The van der Waals surface area contributed by atoms with Gasteiger partial charge < -0.3 is 15.1 Å². The maximum Gasteiger partial charge on any atom is 0.242 e. The first kappa shape index (κ1) is 19.8. The van der Waals surface area contributed by atoms with Crippen molar-refractivity contribution in [2.45, 2.75) is 52.7 Å². The number of nitrogens with zero attached hydrogens (tertiary/aromatic N) is 3. The number of amides is 1. The molecule has 0 radical (unpaired) electrons. The summed E-state index contributed by atoms with van der Waals surface area (Å²) in [5.41, 5.74) is 1.17. The first-order valence-electron chi connectivity index (χ1n) is 10.1. The smallest absolute Gasteiger partial charge is 0.242 e. The van der Waals surface area contributed by atoms with Crippen LogP contribution in [0.15, 0.2) is 22.8 Å². The normalized spacial score (nSPS) is 15.7. The Bertz CT molecular complexity index is 992. The lowest BCUT2D eigenvalue weighted by Gasteiger charge is -2.18. The number of aryl methyl sites for hydroxylation is 2. The molecule has 29 heavy (non-hydrogen) atoms. The number of furan rings is 1. The predicted molar refractivity (Wildman–Crippen MR) is 115 cm³/mol. The van der Waals surface area contributed by atoms with Crippen molar-refractivity contribution >= 4 is 33.3 Å². The molecule has 0 aliphatic carbocycles. The number of carbonyl (C=O) groups is 1. The summed E-state index contributed by atoms with van der Waals surface area (Å²) in [4.78, 5) is 26.8. The number of carbonyl (C=O) groups excluding carboxylic acids is 1. The minimum absolute atomic E-state index is 0.0983. The van der Waals surface area contributed by atoms with Crippen LogP contribution < -0.4 is 10.6 Å². The van der Waals surface area contributed by atoms with Crippen LogP contribution in [0.4, 0.5) is 5.82 Å². The molecule has 0 saturated carbocycles. The Morgan fingerprint density at radius 3 is 2.83 bits per heavy atom. The highest BCUT2D eigenvalue weighted by Gasteiger charge is 2.21. The largest absolute Gasteiger partial charge is 0.467 e. The molecule has 2 N–H and O–H groups in total. The average Bonchev–Trinajstić information content (AvgIpc) is 3.43. The summed E-state index contributed by atoms with van der Waals surface area (Å²) in [6, 6.07) is 3.22. The number of rotatable bonds is 7. The van der Waals surface area contributed by atoms with Gasteiger partial charge in [0.05, 0.1) is 24.7 Å². The minimum atomic E-state index is -0.428. The lowest BCUT2D eigenvalue weighted by Crippen LogP contribution is -2.37. The summed E-state index contributed by atoms with van der Waals surface area (Å²) in [5, 5.41) is 7.25. The third-order valence-corrected chi connectivity index (χ3v) is 6.50. The fourth-order valence-corrected chi connectivity index (χ4v) is 4.67. The van der Waals surface area contributed by atoms with Crippen LogP contribution in [0.5, 0.6) is 0 Å². The van der Waals surface area contributed by atoms with E-state index in [-0.39, 0.29) is 5.91 Å². The highest BCUT2D eigenvalue weighted by atomic mass is 32.1. The Hall–Kier alpha value is -2.45. The van der Waals surface area contributed by atoms with Gasteiger partial charge in [-0.2, -0.15) is 0 Å². The Kier molecular flexibility index (Phi) is 5.82. The van der Waals surface area contributed by atoms with Gasteiger partial charge in [-0.05, 0) is 64.4 Å². The number of hydrogen-bond donors (Lipinski definition) is 2. The standard InChI is InChI=1S/C21H27N5O2S/c1-13-15(3)29-21-18(13)19(24-17(25-21)12-26-8-4-5-9-26)23-14(2)20(27)22-11-16-7-6-10-28-16/h6-7,10,14H,4-5,8-9,11-12H2,1-3H3,(H,22,27)(H,23,24,25). The van der Waals surface area contributed by atoms with E-state index in [0.29, 0.717) is 6.54 Å². The molecule has 0 bridgehead atoms. The monoisotopic (exact) mass is 413 g/mol. The van der Waals surface area contributed by atoms with Gasteiger partial charge in [0.2, 0.25) is 5.91 Å². The van der Waals surface area contributed by atoms with Gasteiger partial charge in [-0.15, -0.1) is 11.3 Å². The maximum atomic E-state index is 12.6. The average molecular weight is 414 g/mol. The van der Waals surface area contributed by atoms with Crippen LogP contribution in [0.3, 0.4) is 0 Å². The second-order valence-corrected chi connectivity index (χ2v) is 8.80. The molecule has 1 atom stereocenters. The summed E-state index contributed by atoms with van der Waals surface area (Å²) in [5.74, 6) is 2.18. The Morgan fingerprint density at radius 1 is 1.31 bits per heavy atom. The molecule has 1 fully saturated rings. The van der Waals surface area contributed by atoms with Gasteiger partial charge in [0.15, 0.2) is 0 Å². The first-order valence-corrected chi connectivity index (χ1v) is 10.9. The predicted octanol–water partition coefficient (Wildman–Crippen LogP) is 3.61. The molecule has 1 aliphatic heterocycles. The molecule has 0 spiro atoms. The zero-order valence-corrected chi connectivity index (χ0v) is 17.9. The molecule has 0 aromatic carbocycles. The fraction of sp³-hybridized carbons (Fsp3) is 0.476. The Labute approximate surface area is 174 Å². The van der Waals surface area contributed by atoms with Crippen molar-refractivity contribution in [3.8, 4) is 0 Å². The van der Waals surface area contributed by atoms with E-state index in [2.05, 4.69) is 29.4 Å². The number of likely N-dealkylation sites (tertiary alicyclic amines) is 1. The Morgan fingerprint density at radius 2 is 2.10 bits per heavy atom. The highest BCUT2D eigenvalue weighted by Crippen LogP contribution is 2.33. The van der Waals surface area contributed by atoms with Gasteiger partial charge in [0.1, 0.15) is 28.3 Å². The van der Waals surface area contributed by atoms with Gasteiger partial charge in [-0.25, -0.2) is 9.97 Å². The van der Waals surface area contributed by atoms with Gasteiger partial charge >= 0.3 is 0 Å². The number of anilines is 1. The summed E-state index contributed by atoms with van der Waals surface area (Å²) in [6.45, 7) is 9.35. The molecule has 3 aromatic heterocycles. The van der Waals surface area contributed by atoms with E-state index in [4.69, 9.17) is 14.4 Å². The van der Waals surface area contributed by atoms with Gasteiger partial charge in [0.25, 0.3) is 0 Å². The van der Waals surface area contributed by atoms with Gasteiger partial charge in [-0.1, -0.05) is 0 Å². The van der Waals surface area contributed by atoms with E-state index >= 15 is 0 Å². The van der Waals surface area contributed by atoms with Crippen molar-refractivity contribution in [2.24, 2.45) is 0 Å². The SMILES string of the molecule is Cc1sc2nc(CN3CCCC3)nc(NC(C)C(=O)NCc3ccco3)c2c1C. The van der Waals surface area contributed by atoms with E-state index in [1.807, 2.05) is 19.1 Å². The van der Waals surface area contributed by atoms with Crippen molar-refractivity contribution in [3.05, 3.63) is 40.4 Å². The number of hydrogen-bond acceptors (Lipinski definition) is 7.